The van der Waals surface area contributed by atoms with Crippen LogP contribution >= 0.6 is 0 Å². The van der Waals surface area contributed by atoms with Crippen LogP contribution in [0.2, 0.25) is 0 Å². The third-order valence-corrected chi connectivity index (χ3v) is 7.02. The fraction of sp³-hybridized carbons (Fsp3) is 0.579. The van der Waals surface area contributed by atoms with Gasteiger partial charge in [0.1, 0.15) is 0 Å². The Morgan fingerprint density at radius 3 is 2.48 bits per heavy atom. The average Bonchev–Trinajstić information content (AvgIpc) is 3.35. The first-order valence-electron chi connectivity index (χ1n) is 9.49. The molecule has 2 fully saturated rings. The first kappa shape index (κ1) is 19.8. The lowest BCUT2D eigenvalue weighted by Gasteiger charge is -2.18. The maximum absolute atomic E-state index is 12.6. The monoisotopic (exact) mass is 394 g/mol. The van der Waals surface area contributed by atoms with E-state index in [9.17, 15) is 18.0 Å². The second-order valence-corrected chi connectivity index (χ2v) is 9.11. The van der Waals surface area contributed by atoms with Crippen LogP contribution in [0.25, 0.3) is 0 Å². The zero-order valence-electron chi connectivity index (χ0n) is 15.5. The second kappa shape index (κ2) is 8.39. The molecule has 1 heterocycles. The number of rotatable bonds is 6. The van der Waals surface area contributed by atoms with Crippen molar-refractivity contribution in [3.05, 3.63) is 29.8 Å². The lowest BCUT2D eigenvalue weighted by molar-refractivity contribution is -0.129. The van der Waals surface area contributed by atoms with Crippen LogP contribution in [0.4, 0.5) is 0 Å². The molecule has 0 bridgehead atoms. The first-order valence-corrected chi connectivity index (χ1v) is 10.9. The molecule has 1 aromatic rings. The third-order valence-electron chi connectivity index (χ3n) is 5.13. The first-order chi connectivity index (χ1) is 12.9. The Hall–Kier alpha value is -1.93. The summed E-state index contributed by atoms with van der Waals surface area (Å²) in [5.74, 6) is -1.03. The number of nitrogens with zero attached hydrogens (tertiary/aromatic N) is 1. The summed E-state index contributed by atoms with van der Waals surface area (Å²) in [6.07, 6.45) is 4.83. The SMILES string of the molecule is CC(OC(=O)c1cccc(S(=O)(=O)N2CCCC2)c1)C(=O)NC1CCCC1. The normalized spacial score (nSPS) is 19.7. The van der Waals surface area contributed by atoms with E-state index in [1.165, 1.54) is 35.5 Å². The van der Waals surface area contributed by atoms with Crippen molar-refractivity contribution < 1.29 is 22.7 Å². The molecule has 8 heteroatoms. The Kier molecular flexibility index (Phi) is 6.16. The molecule has 2 aliphatic rings. The highest BCUT2D eigenvalue weighted by molar-refractivity contribution is 7.89. The summed E-state index contributed by atoms with van der Waals surface area (Å²) in [7, 11) is -3.61. The number of hydrogen-bond donors (Lipinski definition) is 1. The summed E-state index contributed by atoms with van der Waals surface area (Å²) in [5.41, 5.74) is 0.121. The summed E-state index contributed by atoms with van der Waals surface area (Å²) in [4.78, 5) is 24.6. The Balaban J connectivity index is 1.65. The number of benzene rings is 1. The fourth-order valence-electron chi connectivity index (χ4n) is 3.53. The average molecular weight is 394 g/mol. The highest BCUT2D eigenvalue weighted by Gasteiger charge is 2.28. The van der Waals surface area contributed by atoms with Crippen LogP contribution in [-0.4, -0.2) is 49.8 Å². The van der Waals surface area contributed by atoms with Crippen molar-refractivity contribution in [3.63, 3.8) is 0 Å². The molecule has 3 rings (SSSR count). The van der Waals surface area contributed by atoms with E-state index in [0.29, 0.717) is 13.1 Å². The van der Waals surface area contributed by atoms with Gasteiger partial charge < -0.3 is 10.1 Å². The maximum Gasteiger partial charge on any atom is 0.338 e. The number of sulfonamides is 1. The van der Waals surface area contributed by atoms with Crippen molar-refractivity contribution in [2.24, 2.45) is 0 Å². The molecule has 1 unspecified atom stereocenters. The van der Waals surface area contributed by atoms with E-state index >= 15 is 0 Å². The van der Waals surface area contributed by atoms with Gasteiger partial charge in [-0.3, -0.25) is 4.79 Å². The van der Waals surface area contributed by atoms with Gasteiger partial charge in [-0.1, -0.05) is 18.9 Å². The van der Waals surface area contributed by atoms with Crippen molar-refractivity contribution in [2.75, 3.05) is 13.1 Å². The molecular weight excluding hydrogens is 368 g/mol. The fourth-order valence-corrected chi connectivity index (χ4v) is 5.10. The molecule has 1 saturated heterocycles. The highest BCUT2D eigenvalue weighted by Crippen LogP contribution is 2.22. The summed E-state index contributed by atoms with van der Waals surface area (Å²) in [6.45, 7) is 2.51. The van der Waals surface area contributed by atoms with Gasteiger partial charge in [-0.2, -0.15) is 4.31 Å². The molecule has 7 nitrogen and oxygen atoms in total. The molecule has 0 aromatic heterocycles. The van der Waals surface area contributed by atoms with Gasteiger partial charge >= 0.3 is 5.97 Å². The van der Waals surface area contributed by atoms with Gasteiger partial charge in [0.05, 0.1) is 10.5 Å². The molecule has 0 spiro atoms. The van der Waals surface area contributed by atoms with Gasteiger partial charge in [-0.05, 0) is 50.8 Å². The predicted octanol–water partition coefficient (Wildman–Crippen LogP) is 2.08. The van der Waals surface area contributed by atoms with Gasteiger partial charge in [-0.15, -0.1) is 0 Å². The van der Waals surface area contributed by atoms with E-state index in [1.54, 1.807) is 0 Å². The van der Waals surface area contributed by atoms with E-state index in [0.717, 1.165) is 38.5 Å². The minimum Gasteiger partial charge on any atom is -0.449 e. The molecule has 1 aliphatic heterocycles. The number of esters is 1. The number of amides is 1. The highest BCUT2D eigenvalue weighted by atomic mass is 32.2. The molecule has 1 aromatic carbocycles. The summed E-state index contributed by atoms with van der Waals surface area (Å²) < 4.78 is 32.0. The number of hydrogen-bond acceptors (Lipinski definition) is 5. The molecule has 1 aliphatic carbocycles. The van der Waals surface area contributed by atoms with Crippen LogP contribution in [0.5, 0.6) is 0 Å². The van der Waals surface area contributed by atoms with Crippen LogP contribution in [0.3, 0.4) is 0 Å². The third kappa shape index (κ3) is 4.68. The molecule has 27 heavy (non-hydrogen) atoms. The van der Waals surface area contributed by atoms with E-state index in [-0.39, 0.29) is 22.4 Å². The largest absolute Gasteiger partial charge is 0.449 e. The quantitative estimate of drug-likeness (QED) is 0.746. The van der Waals surface area contributed by atoms with Crippen LogP contribution < -0.4 is 5.32 Å². The number of carbonyl (C=O) groups is 2. The summed E-state index contributed by atoms with van der Waals surface area (Å²) in [6, 6.07) is 5.95. The van der Waals surface area contributed by atoms with E-state index in [4.69, 9.17) is 4.74 Å². The Morgan fingerprint density at radius 1 is 1.15 bits per heavy atom. The van der Waals surface area contributed by atoms with Crippen molar-refractivity contribution in [1.82, 2.24) is 9.62 Å². The Morgan fingerprint density at radius 2 is 1.81 bits per heavy atom. The zero-order valence-corrected chi connectivity index (χ0v) is 16.3. The summed E-state index contributed by atoms with van der Waals surface area (Å²) in [5, 5.41) is 2.89. The van der Waals surface area contributed by atoms with Crippen molar-refractivity contribution in [2.45, 2.75) is 62.5 Å². The smallest absolute Gasteiger partial charge is 0.338 e. The van der Waals surface area contributed by atoms with E-state index < -0.39 is 22.1 Å². The van der Waals surface area contributed by atoms with Crippen molar-refractivity contribution in [3.8, 4) is 0 Å². The van der Waals surface area contributed by atoms with Crippen LogP contribution in [-0.2, 0) is 19.6 Å². The zero-order chi connectivity index (χ0) is 19.4. The topological polar surface area (TPSA) is 92.8 Å². The van der Waals surface area contributed by atoms with Gasteiger partial charge in [0.15, 0.2) is 6.10 Å². The number of carbonyl (C=O) groups excluding carboxylic acids is 2. The van der Waals surface area contributed by atoms with E-state index in [1.807, 2.05) is 0 Å². The van der Waals surface area contributed by atoms with Gasteiger partial charge in [0.2, 0.25) is 10.0 Å². The Labute approximate surface area is 160 Å². The van der Waals surface area contributed by atoms with Crippen molar-refractivity contribution in [1.29, 1.82) is 0 Å². The van der Waals surface area contributed by atoms with E-state index in [2.05, 4.69) is 5.32 Å². The molecule has 1 N–H and O–H groups in total. The molecule has 148 valence electrons. The summed E-state index contributed by atoms with van der Waals surface area (Å²) >= 11 is 0. The number of ether oxygens (including phenoxy) is 1. The minimum atomic E-state index is -3.61. The molecule has 1 saturated carbocycles. The number of nitrogens with one attached hydrogen (secondary N) is 1. The predicted molar refractivity (Wildman–Crippen MR) is 99.7 cm³/mol. The lowest BCUT2D eigenvalue weighted by Crippen LogP contribution is -2.40. The van der Waals surface area contributed by atoms with Crippen LogP contribution in [0, 0.1) is 0 Å². The standard InChI is InChI=1S/C19H26N2O5S/c1-14(18(22)20-16-8-2-3-9-16)26-19(23)15-7-6-10-17(13-15)27(24,25)21-11-4-5-12-21/h6-7,10,13-14,16H,2-5,8-9,11-12H2,1H3,(H,20,22). The second-order valence-electron chi connectivity index (χ2n) is 7.18. The lowest BCUT2D eigenvalue weighted by atomic mass is 10.2. The van der Waals surface area contributed by atoms with Gasteiger partial charge in [0, 0.05) is 19.1 Å². The Bertz CT molecular complexity index is 796. The molecule has 0 radical (unpaired) electrons. The maximum atomic E-state index is 12.6. The van der Waals surface area contributed by atoms with Crippen LogP contribution in [0.1, 0.15) is 55.8 Å². The van der Waals surface area contributed by atoms with Gasteiger partial charge in [-0.25, -0.2) is 13.2 Å². The minimum absolute atomic E-state index is 0.0712. The van der Waals surface area contributed by atoms with Crippen molar-refractivity contribution >= 4 is 21.9 Å². The van der Waals surface area contributed by atoms with Gasteiger partial charge in [0.25, 0.3) is 5.91 Å². The molecule has 1 atom stereocenters. The molecule has 1 amide bonds. The van der Waals surface area contributed by atoms with Crippen LogP contribution in [0.15, 0.2) is 29.2 Å². The molecular formula is C19H26N2O5S.